The Bertz CT molecular complexity index is 637. The molecule has 2 unspecified atom stereocenters. The molecule has 7 heteroatoms. The zero-order valence-electron chi connectivity index (χ0n) is 15.4. The minimum atomic E-state index is -0.613. The summed E-state index contributed by atoms with van der Waals surface area (Å²) in [7, 11) is 0. The molecule has 0 saturated heterocycles. The van der Waals surface area contributed by atoms with E-state index in [-0.39, 0.29) is 35.1 Å². The summed E-state index contributed by atoms with van der Waals surface area (Å²) in [6.45, 7) is 5.97. The summed E-state index contributed by atoms with van der Waals surface area (Å²) in [6, 6.07) is 4.76. The van der Waals surface area contributed by atoms with Gasteiger partial charge >= 0.3 is 0 Å². The van der Waals surface area contributed by atoms with Crippen molar-refractivity contribution in [3.63, 3.8) is 0 Å². The van der Waals surface area contributed by atoms with Crippen molar-refractivity contribution in [1.29, 1.82) is 0 Å². The molecule has 0 aliphatic heterocycles. The highest BCUT2D eigenvalue weighted by molar-refractivity contribution is 14.0. The van der Waals surface area contributed by atoms with E-state index in [2.05, 4.69) is 22.5 Å². The van der Waals surface area contributed by atoms with E-state index in [4.69, 9.17) is 4.74 Å². The number of benzene rings is 1. The van der Waals surface area contributed by atoms with Crippen molar-refractivity contribution < 1.29 is 14.2 Å². The Balaban J connectivity index is 0.00000243. The Morgan fingerprint density at radius 3 is 2.73 bits per heavy atom. The number of nitrogens with one attached hydrogen (secondary N) is 2. The molecule has 5 nitrogen and oxygen atoms in total. The van der Waals surface area contributed by atoms with Crippen LogP contribution >= 0.6 is 24.0 Å². The fourth-order valence-electron chi connectivity index (χ4n) is 3.94. The lowest BCUT2D eigenvalue weighted by molar-refractivity contribution is -0.168. The van der Waals surface area contributed by atoms with Gasteiger partial charge in [0.2, 0.25) is 0 Å². The minimum absolute atomic E-state index is 0. The molecule has 146 valence electrons. The first-order valence-electron chi connectivity index (χ1n) is 9.23. The van der Waals surface area contributed by atoms with Gasteiger partial charge in [-0.3, -0.25) is 0 Å². The number of aromatic hydroxyl groups is 1. The van der Waals surface area contributed by atoms with Gasteiger partial charge in [0.15, 0.2) is 17.5 Å². The summed E-state index contributed by atoms with van der Waals surface area (Å²) < 4.78 is 19.3. The molecule has 2 saturated carbocycles. The summed E-state index contributed by atoms with van der Waals surface area (Å²) >= 11 is 0. The van der Waals surface area contributed by atoms with Crippen molar-refractivity contribution in [1.82, 2.24) is 10.6 Å². The highest BCUT2D eigenvalue weighted by atomic mass is 127. The van der Waals surface area contributed by atoms with E-state index >= 15 is 0 Å². The maximum Gasteiger partial charge on any atom is 0.191 e. The molecular weight excluding hydrogens is 448 g/mol. The van der Waals surface area contributed by atoms with E-state index < -0.39 is 5.82 Å². The maximum absolute atomic E-state index is 13.5. The predicted molar refractivity (Wildman–Crippen MR) is 112 cm³/mol. The van der Waals surface area contributed by atoms with Crippen LogP contribution in [0.1, 0.15) is 45.1 Å². The lowest BCUT2D eigenvalue weighted by Crippen LogP contribution is -2.68. The second kappa shape index (κ2) is 9.21. The highest BCUT2D eigenvalue weighted by Gasteiger charge is 2.59. The summed E-state index contributed by atoms with van der Waals surface area (Å²) in [6.07, 6.45) is 5.04. The van der Waals surface area contributed by atoms with Crippen LogP contribution in [-0.4, -0.2) is 36.4 Å². The van der Waals surface area contributed by atoms with Crippen molar-refractivity contribution >= 4 is 29.9 Å². The summed E-state index contributed by atoms with van der Waals surface area (Å²) in [5.74, 6) is -0.194. The molecule has 0 radical (unpaired) electrons. The number of aliphatic imine (C=N–C) groups is 1. The number of ether oxygens (including phenoxy) is 1. The van der Waals surface area contributed by atoms with Gasteiger partial charge in [0.05, 0.1) is 12.6 Å². The van der Waals surface area contributed by atoms with Gasteiger partial charge in [0.1, 0.15) is 0 Å². The van der Waals surface area contributed by atoms with Crippen LogP contribution in [0, 0.1) is 11.2 Å². The van der Waals surface area contributed by atoms with Crippen molar-refractivity contribution in [2.24, 2.45) is 10.4 Å². The van der Waals surface area contributed by atoms with E-state index in [1.54, 1.807) is 6.07 Å². The monoisotopic (exact) mass is 477 g/mol. The van der Waals surface area contributed by atoms with Crippen molar-refractivity contribution in [3.05, 3.63) is 29.6 Å². The third-order valence-corrected chi connectivity index (χ3v) is 5.52. The molecule has 3 rings (SSSR count). The number of hydrogen-bond donors (Lipinski definition) is 3. The van der Waals surface area contributed by atoms with Gasteiger partial charge in [-0.25, -0.2) is 9.38 Å². The van der Waals surface area contributed by atoms with E-state index in [1.807, 2.05) is 6.92 Å². The zero-order chi connectivity index (χ0) is 17.9. The van der Waals surface area contributed by atoms with Crippen molar-refractivity contribution in [2.75, 3.05) is 13.2 Å². The molecule has 0 aromatic heterocycles. The zero-order valence-corrected chi connectivity index (χ0v) is 17.8. The number of nitrogens with zero attached hydrogens (tertiary/aromatic N) is 1. The Kier molecular flexibility index (Phi) is 7.52. The van der Waals surface area contributed by atoms with Crippen LogP contribution in [0.2, 0.25) is 0 Å². The SMILES string of the molecule is CCNC(=NCc1ccc(O)c(F)c1)NC1CC(OCC)C12CCC2.I. The van der Waals surface area contributed by atoms with E-state index in [1.165, 1.54) is 31.4 Å². The molecule has 2 aliphatic rings. The first-order valence-corrected chi connectivity index (χ1v) is 9.23. The van der Waals surface area contributed by atoms with Crippen molar-refractivity contribution in [3.8, 4) is 5.75 Å². The van der Waals surface area contributed by atoms with Crippen LogP contribution in [0.4, 0.5) is 4.39 Å². The number of guanidine groups is 1. The third kappa shape index (κ3) is 4.24. The lowest BCUT2D eigenvalue weighted by Gasteiger charge is -2.61. The number of phenolic OH excluding ortho intramolecular Hbond substituents is 1. The van der Waals surface area contributed by atoms with Gasteiger partial charge < -0.3 is 20.5 Å². The van der Waals surface area contributed by atoms with Gasteiger partial charge in [-0.1, -0.05) is 12.5 Å². The highest BCUT2D eigenvalue weighted by Crippen LogP contribution is 2.57. The molecule has 26 heavy (non-hydrogen) atoms. The van der Waals surface area contributed by atoms with Crippen LogP contribution in [0.25, 0.3) is 0 Å². The Morgan fingerprint density at radius 2 is 2.15 bits per heavy atom. The topological polar surface area (TPSA) is 65.9 Å². The van der Waals surface area contributed by atoms with Crippen LogP contribution in [0.3, 0.4) is 0 Å². The molecule has 0 heterocycles. The smallest absolute Gasteiger partial charge is 0.191 e. The minimum Gasteiger partial charge on any atom is -0.505 e. The summed E-state index contributed by atoms with van der Waals surface area (Å²) in [4.78, 5) is 4.58. The molecule has 2 fully saturated rings. The molecular formula is C19H29FIN3O2. The average Bonchev–Trinajstić information content (AvgIpc) is 2.53. The maximum atomic E-state index is 13.5. The quantitative estimate of drug-likeness (QED) is 0.333. The van der Waals surface area contributed by atoms with Crippen LogP contribution < -0.4 is 10.6 Å². The molecule has 1 aromatic rings. The van der Waals surface area contributed by atoms with Crippen molar-refractivity contribution in [2.45, 2.75) is 58.2 Å². The number of rotatable bonds is 6. The first kappa shape index (κ1) is 21.2. The van der Waals surface area contributed by atoms with Gasteiger partial charge in [0.25, 0.3) is 0 Å². The normalized spacial score (nSPS) is 23.6. The fraction of sp³-hybridized carbons (Fsp3) is 0.632. The van der Waals surface area contributed by atoms with Crippen LogP contribution in [0.15, 0.2) is 23.2 Å². The summed E-state index contributed by atoms with van der Waals surface area (Å²) in [5.41, 5.74) is 0.989. The molecule has 0 bridgehead atoms. The Morgan fingerprint density at radius 1 is 1.38 bits per heavy atom. The van der Waals surface area contributed by atoms with Crippen LogP contribution in [0.5, 0.6) is 5.75 Å². The Labute approximate surface area is 171 Å². The van der Waals surface area contributed by atoms with Gasteiger partial charge in [-0.2, -0.15) is 0 Å². The number of halogens is 2. The molecule has 0 amide bonds. The van der Waals surface area contributed by atoms with Crippen LogP contribution in [-0.2, 0) is 11.3 Å². The molecule has 2 atom stereocenters. The van der Waals surface area contributed by atoms with Gasteiger partial charge in [0, 0.05) is 24.6 Å². The van der Waals surface area contributed by atoms with E-state index in [9.17, 15) is 9.50 Å². The standard InChI is InChI=1S/C19H28FN3O2.HI/c1-3-21-18(22-12-13-6-7-15(24)14(20)10-13)23-16-11-17(25-4-2)19(16)8-5-9-19;/h6-7,10,16-17,24H,3-5,8-9,11-12H2,1-2H3,(H2,21,22,23);1H. The first-order chi connectivity index (χ1) is 12.1. The second-order valence-electron chi connectivity index (χ2n) is 6.94. The molecule has 1 aromatic carbocycles. The predicted octanol–water partition coefficient (Wildman–Crippen LogP) is 3.55. The average molecular weight is 477 g/mol. The van der Waals surface area contributed by atoms with Gasteiger partial charge in [-0.05, 0) is 50.8 Å². The van der Waals surface area contributed by atoms with E-state index in [0.29, 0.717) is 18.7 Å². The number of phenols is 1. The molecule has 3 N–H and O–H groups in total. The van der Waals surface area contributed by atoms with Gasteiger partial charge in [-0.15, -0.1) is 24.0 Å². The molecule has 2 aliphatic carbocycles. The fourth-order valence-corrected chi connectivity index (χ4v) is 3.94. The Hall–Kier alpha value is -1.09. The molecule has 1 spiro atoms. The largest absolute Gasteiger partial charge is 0.505 e. The lowest BCUT2D eigenvalue weighted by atomic mass is 9.51. The van der Waals surface area contributed by atoms with E-state index in [0.717, 1.165) is 31.1 Å². The third-order valence-electron chi connectivity index (χ3n) is 5.52. The second-order valence-corrected chi connectivity index (χ2v) is 6.94. The number of hydrogen-bond acceptors (Lipinski definition) is 3. The summed E-state index contributed by atoms with van der Waals surface area (Å²) in [5, 5.41) is 16.1.